The third kappa shape index (κ3) is 4.64. The molecule has 26 heavy (non-hydrogen) atoms. The van der Waals surface area contributed by atoms with Crippen molar-refractivity contribution in [1.82, 2.24) is 5.32 Å². The van der Waals surface area contributed by atoms with Crippen LogP contribution in [0.25, 0.3) is 0 Å². The number of alkyl halides is 4. The number of rotatable bonds is 7. The van der Waals surface area contributed by atoms with Crippen LogP contribution in [0.4, 0.5) is 13.2 Å². The second-order valence-corrected chi connectivity index (χ2v) is 9.46. The number of methoxy groups -OCH3 is 1. The van der Waals surface area contributed by atoms with Crippen LogP contribution in [0, 0.1) is 5.92 Å². The molecule has 0 bridgehead atoms. The molecule has 1 rings (SSSR count). The van der Waals surface area contributed by atoms with Gasteiger partial charge in [-0.2, -0.15) is 0 Å². The second-order valence-electron chi connectivity index (χ2n) is 5.72. The number of hydrogen-bond acceptors (Lipinski definition) is 4. The van der Waals surface area contributed by atoms with Gasteiger partial charge in [-0.05, 0) is 0 Å². The quantitative estimate of drug-likeness (QED) is 0.385. The van der Waals surface area contributed by atoms with E-state index in [2.05, 4.69) is 4.74 Å². The summed E-state index contributed by atoms with van der Waals surface area (Å²) >= 11 is 2.79. The molecule has 1 N–H and O–H groups in total. The van der Waals surface area contributed by atoms with Crippen molar-refractivity contribution in [3.05, 3.63) is 30.3 Å². The zero-order chi connectivity index (χ0) is 20.1. The molecular weight excluding hydrogens is 442 g/mol. The Morgan fingerprint density at radius 3 is 2.15 bits per heavy atom. The molecule has 5 nitrogen and oxygen atoms in total. The average molecular weight is 461 g/mol. The minimum absolute atomic E-state index is 0.355. The Kier molecular flexibility index (Phi) is 7.80. The van der Waals surface area contributed by atoms with Crippen molar-refractivity contribution in [1.29, 1.82) is 0 Å². The van der Waals surface area contributed by atoms with Crippen LogP contribution in [0.15, 0.2) is 30.3 Å². The van der Waals surface area contributed by atoms with E-state index in [1.807, 2.05) is 0 Å². The summed E-state index contributed by atoms with van der Waals surface area (Å²) in [5.74, 6) is -4.72. The first-order valence-corrected chi connectivity index (χ1v) is 10.6. The molecule has 0 aliphatic carbocycles. The van der Waals surface area contributed by atoms with Crippen LogP contribution in [-0.2, 0) is 18.2 Å². The molecule has 1 amide bonds. The number of carbonyl (C=O) groups is 2. The zero-order valence-electron chi connectivity index (χ0n) is 14.3. The van der Waals surface area contributed by atoms with E-state index in [1.54, 1.807) is 23.5 Å². The van der Waals surface area contributed by atoms with Gasteiger partial charge in [0.1, 0.15) is 0 Å². The van der Waals surface area contributed by atoms with Gasteiger partial charge in [-0.1, -0.05) is 0 Å². The Hall–Kier alpha value is -1.44. The molecule has 0 aliphatic heterocycles. The average Bonchev–Trinajstić information content (AvgIpc) is 2.59. The molecule has 3 unspecified atom stereocenters. The van der Waals surface area contributed by atoms with Crippen LogP contribution >= 0.6 is 11.6 Å². The predicted octanol–water partition coefficient (Wildman–Crippen LogP) is 2.17. The van der Waals surface area contributed by atoms with Crippen LogP contribution in [0.5, 0.6) is 0 Å². The topological polar surface area (TPSA) is 72.5 Å². The number of halogens is 4. The fourth-order valence-electron chi connectivity index (χ4n) is 2.51. The summed E-state index contributed by atoms with van der Waals surface area (Å²) in [6.07, 6.45) is -5.23. The maximum atomic E-state index is 13.1. The summed E-state index contributed by atoms with van der Waals surface area (Å²) in [5.41, 5.74) is -2.19. The van der Waals surface area contributed by atoms with Gasteiger partial charge in [0.05, 0.1) is 0 Å². The van der Waals surface area contributed by atoms with E-state index in [-0.39, 0.29) is 0 Å². The Labute approximate surface area is 158 Å². The Morgan fingerprint density at radius 2 is 1.77 bits per heavy atom. The van der Waals surface area contributed by atoms with Gasteiger partial charge in [0.2, 0.25) is 0 Å². The van der Waals surface area contributed by atoms with Crippen molar-refractivity contribution in [2.24, 2.45) is 5.92 Å². The molecule has 0 aliphatic rings. The maximum absolute atomic E-state index is 13.1. The molecule has 0 heterocycles. The number of ether oxygens (including phenoxy) is 1. The number of esters is 1. The first-order valence-electron chi connectivity index (χ1n) is 7.51. The fraction of sp³-hybridized carbons (Fsp3) is 0.500. The standard InChI is InChI=1S/C16H19ClF3NO4Se/c1-10(2)15(14(23)25-3,21-13(22)16(18,19)20)12(9-17)26(24)11-7-5-4-6-8-11/h4-8,10,12H,9H2,1-3H3,(H,21,22). The number of nitrogens with one attached hydrogen (secondary N) is 1. The first kappa shape index (κ1) is 22.6. The summed E-state index contributed by atoms with van der Waals surface area (Å²) in [7, 11) is 0.979. The van der Waals surface area contributed by atoms with Crippen LogP contribution in [0.3, 0.4) is 0 Å². The van der Waals surface area contributed by atoms with Gasteiger partial charge in [0.25, 0.3) is 0 Å². The second kappa shape index (κ2) is 8.97. The Balaban J connectivity index is 3.51. The molecule has 0 fully saturated rings. The molecule has 0 saturated carbocycles. The minimum atomic E-state index is -5.23. The first-order chi connectivity index (χ1) is 12.0. The van der Waals surface area contributed by atoms with Crippen molar-refractivity contribution in [3.63, 3.8) is 0 Å². The SMILES string of the molecule is COC(=O)C(NC(=O)C(F)(F)F)(C(C)C)C(CCl)[Se](=O)c1ccccc1. The molecule has 0 saturated heterocycles. The third-order valence-electron chi connectivity index (χ3n) is 3.89. The summed E-state index contributed by atoms with van der Waals surface area (Å²) in [6.45, 7) is 2.86. The van der Waals surface area contributed by atoms with E-state index in [0.717, 1.165) is 7.11 Å². The van der Waals surface area contributed by atoms with Crippen molar-refractivity contribution < 1.29 is 31.3 Å². The molecule has 1 aromatic rings. The van der Waals surface area contributed by atoms with Crippen LogP contribution in [-0.4, -0.2) is 50.4 Å². The molecule has 146 valence electrons. The van der Waals surface area contributed by atoms with E-state index in [4.69, 9.17) is 11.6 Å². The zero-order valence-corrected chi connectivity index (χ0v) is 16.8. The van der Waals surface area contributed by atoms with E-state index in [0.29, 0.717) is 4.46 Å². The van der Waals surface area contributed by atoms with Crippen molar-refractivity contribution in [2.45, 2.75) is 30.4 Å². The van der Waals surface area contributed by atoms with Crippen LogP contribution < -0.4 is 9.78 Å². The predicted molar refractivity (Wildman–Crippen MR) is 90.8 cm³/mol. The number of amides is 1. The summed E-state index contributed by atoms with van der Waals surface area (Å²) in [4.78, 5) is 22.8. The number of benzene rings is 1. The summed E-state index contributed by atoms with van der Waals surface area (Å²) in [5, 5.41) is 1.73. The van der Waals surface area contributed by atoms with Gasteiger partial charge in [-0.15, -0.1) is 0 Å². The van der Waals surface area contributed by atoms with Gasteiger partial charge in [0, 0.05) is 0 Å². The van der Waals surface area contributed by atoms with Crippen molar-refractivity contribution in [2.75, 3.05) is 13.0 Å². The van der Waals surface area contributed by atoms with Crippen molar-refractivity contribution >= 4 is 41.8 Å². The summed E-state index contributed by atoms with van der Waals surface area (Å²) < 4.78 is 56.6. The third-order valence-corrected chi connectivity index (χ3v) is 8.38. The van der Waals surface area contributed by atoms with Crippen LogP contribution in [0.1, 0.15) is 13.8 Å². The molecule has 3 atom stereocenters. The van der Waals surface area contributed by atoms with E-state index in [9.17, 15) is 26.6 Å². The monoisotopic (exact) mass is 461 g/mol. The molecule has 1 aromatic carbocycles. The Morgan fingerprint density at radius 1 is 1.23 bits per heavy atom. The number of hydrogen-bond donors (Lipinski definition) is 1. The van der Waals surface area contributed by atoms with Crippen LogP contribution in [0.2, 0.25) is 4.82 Å². The van der Waals surface area contributed by atoms with Gasteiger partial charge in [-0.3, -0.25) is 0 Å². The van der Waals surface area contributed by atoms with E-state index < -0.39 is 54.0 Å². The van der Waals surface area contributed by atoms with Gasteiger partial charge < -0.3 is 0 Å². The number of carbonyl (C=O) groups excluding carboxylic acids is 2. The van der Waals surface area contributed by atoms with Gasteiger partial charge >= 0.3 is 158 Å². The fourth-order valence-corrected chi connectivity index (χ4v) is 6.77. The molecule has 0 aromatic heterocycles. The van der Waals surface area contributed by atoms with Crippen molar-refractivity contribution in [3.8, 4) is 0 Å². The molecule has 0 radical (unpaired) electrons. The Bertz CT molecular complexity index is 669. The van der Waals surface area contributed by atoms with E-state index in [1.165, 1.54) is 26.0 Å². The van der Waals surface area contributed by atoms with Gasteiger partial charge in [0.15, 0.2) is 0 Å². The summed E-state index contributed by atoms with van der Waals surface area (Å²) in [6, 6.07) is 7.97. The van der Waals surface area contributed by atoms with Gasteiger partial charge in [-0.25, -0.2) is 0 Å². The normalized spacial score (nSPS) is 16.5. The molecular formula is C16H19ClF3NO4Se. The molecule has 10 heteroatoms. The van der Waals surface area contributed by atoms with E-state index >= 15 is 0 Å². The molecule has 0 spiro atoms.